The highest BCUT2D eigenvalue weighted by molar-refractivity contribution is 9.09. The van der Waals surface area contributed by atoms with Crippen molar-refractivity contribution < 1.29 is 32.7 Å². The van der Waals surface area contributed by atoms with Crippen molar-refractivity contribution in [1.82, 2.24) is 0 Å². The summed E-state index contributed by atoms with van der Waals surface area (Å²) in [5.41, 5.74) is -0.934. The Morgan fingerprint density at radius 1 is 1.06 bits per heavy atom. The summed E-state index contributed by atoms with van der Waals surface area (Å²) < 4.78 is 31.0. The SMILES string of the molecule is CCOC(=O)C(C)(C)[C@@H]1C[C@H](OC(C)=O)[C@@H](Br)[C@H]2O[Si](C(C)(C)C)(C(C)(C)C)OC[C@H]2O1. The van der Waals surface area contributed by atoms with E-state index >= 15 is 0 Å². The Morgan fingerprint density at radius 3 is 2.09 bits per heavy atom. The van der Waals surface area contributed by atoms with Gasteiger partial charge in [0.25, 0.3) is 0 Å². The lowest BCUT2D eigenvalue weighted by Gasteiger charge is -2.55. The van der Waals surface area contributed by atoms with E-state index < -0.39 is 32.3 Å². The third-order valence-corrected chi connectivity index (χ3v) is 12.7. The third kappa shape index (κ3) is 5.27. The first-order valence-corrected chi connectivity index (χ1v) is 14.2. The van der Waals surface area contributed by atoms with Gasteiger partial charge in [-0.05, 0) is 20.8 Å². The van der Waals surface area contributed by atoms with Gasteiger partial charge in [-0.15, -0.1) is 0 Å². The van der Waals surface area contributed by atoms with Crippen molar-refractivity contribution in [2.75, 3.05) is 13.2 Å². The van der Waals surface area contributed by atoms with E-state index in [0.717, 1.165) is 0 Å². The van der Waals surface area contributed by atoms with E-state index in [-0.39, 0.29) is 39.6 Å². The highest BCUT2D eigenvalue weighted by Crippen LogP contribution is 2.55. The maximum absolute atomic E-state index is 12.7. The van der Waals surface area contributed by atoms with Crippen molar-refractivity contribution >= 4 is 36.4 Å². The number of hydrogen-bond donors (Lipinski definition) is 0. The second-order valence-electron chi connectivity index (χ2n) is 11.4. The molecule has 2 rings (SSSR count). The fraction of sp³-hybridized carbons (Fsp3) is 0.913. The van der Waals surface area contributed by atoms with Crippen molar-refractivity contribution in [3.8, 4) is 0 Å². The van der Waals surface area contributed by atoms with Crippen LogP contribution in [0.2, 0.25) is 10.1 Å². The number of ether oxygens (including phenoxy) is 3. The summed E-state index contributed by atoms with van der Waals surface area (Å²) in [5.74, 6) is -0.727. The van der Waals surface area contributed by atoms with Crippen molar-refractivity contribution in [2.24, 2.45) is 5.41 Å². The van der Waals surface area contributed by atoms with Crippen molar-refractivity contribution in [2.45, 2.75) is 115 Å². The molecule has 186 valence electrons. The highest BCUT2D eigenvalue weighted by atomic mass is 79.9. The van der Waals surface area contributed by atoms with Crippen LogP contribution >= 0.6 is 15.9 Å². The molecule has 0 aliphatic carbocycles. The number of carbonyl (C=O) groups excluding carboxylic acids is 2. The molecule has 0 saturated carbocycles. The molecule has 5 atom stereocenters. The van der Waals surface area contributed by atoms with Gasteiger partial charge in [-0.3, -0.25) is 9.59 Å². The molecule has 0 spiro atoms. The predicted molar refractivity (Wildman–Crippen MR) is 128 cm³/mol. The normalized spacial score (nSPS) is 31.3. The van der Waals surface area contributed by atoms with E-state index in [4.69, 9.17) is 23.1 Å². The van der Waals surface area contributed by atoms with Crippen LogP contribution in [-0.2, 0) is 32.7 Å². The molecule has 0 radical (unpaired) electrons. The van der Waals surface area contributed by atoms with Gasteiger partial charge >= 0.3 is 20.5 Å². The second-order valence-corrected chi connectivity index (χ2v) is 17.3. The van der Waals surface area contributed by atoms with Crippen LogP contribution < -0.4 is 0 Å². The molecule has 32 heavy (non-hydrogen) atoms. The Hall–Kier alpha value is -0.483. The molecule has 0 amide bonds. The highest BCUT2D eigenvalue weighted by Gasteiger charge is 2.64. The second kappa shape index (κ2) is 9.64. The van der Waals surface area contributed by atoms with Crippen LogP contribution in [0, 0.1) is 5.41 Å². The minimum absolute atomic E-state index is 0.199. The maximum atomic E-state index is 12.7. The van der Waals surface area contributed by atoms with Crippen molar-refractivity contribution in [3.63, 3.8) is 0 Å². The summed E-state index contributed by atoms with van der Waals surface area (Å²) in [7, 11) is -2.77. The Bertz CT molecular complexity index is 683. The zero-order chi connectivity index (χ0) is 24.7. The molecule has 0 aromatic heterocycles. The standard InChI is InChI=1S/C23H41BrO7Si/c1-11-27-20(26)23(9,10)17-12-15(29-14(2)25)18(24)19-16(30-17)13-28-32(31-19,21(3,4)5)22(6,7)8/h15-19H,11-13H2,1-10H3/t15-,16+,17-,18+,19-/m0/s1. The Balaban J connectivity index is 2.48. The fourth-order valence-corrected chi connectivity index (χ4v) is 10.9. The molecule has 0 N–H and O–H groups in total. The topological polar surface area (TPSA) is 80.3 Å². The first-order chi connectivity index (χ1) is 14.5. The minimum Gasteiger partial charge on any atom is -0.466 e. The molecule has 2 fully saturated rings. The summed E-state index contributed by atoms with van der Waals surface area (Å²) in [6, 6.07) is 0. The van der Waals surface area contributed by atoms with Gasteiger partial charge in [0, 0.05) is 23.4 Å². The van der Waals surface area contributed by atoms with Gasteiger partial charge in [0.15, 0.2) is 0 Å². The number of esters is 2. The van der Waals surface area contributed by atoms with E-state index in [1.807, 2.05) is 0 Å². The zero-order valence-corrected chi connectivity index (χ0v) is 23.8. The predicted octanol–water partition coefficient (Wildman–Crippen LogP) is 4.89. The van der Waals surface area contributed by atoms with Crippen LogP contribution in [0.4, 0.5) is 0 Å². The Labute approximate surface area is 202 Å². The zero-order valence-electron chi connectivity index (χ0n) is 21.2. The van der Waals surface area contributed by atoms with Gasteiger partial charge in [0.1, 0.15) is 12.2 Å². The molecule has 2 aliphatic rings. The van der Waals surface area contributed by atoms with Crippen LogP contribution in [0.5, 0.6) is 0 Å². The summed E-state index contributed by atoms with van der Waals surface area (Å²) >= 11 is 3.79. The molecular weight excluding hydrogens is 496 g/mol. The molecule has 7 nitrogen and oxygen atoms in total. The van der Waals surface area contributed by atoms with Crippen LogP contribution in [0.1, 0.15) is 75.7 Å². The molecule has 0 unspecified atom stereocenters. The first kappa shape index (κ1) is 27.8. The summed E-state index contributed by atoms with van der Waals surface area (Å²) in [6.45, 7) is 20.3. The average molecular weight is 538 g/mol. The largest absolute Gasteiger partial charge is 0.466 e. The van der Waals surface area contributed by atoms with Crippen molar-refractivity contribution in [3.05, 3.63) is 0 Å². The monoisotopic (exact) mass is 536 g/mol. The first-order valence-electron chi connectivity index (χ1n) is 11.4. The number of fused-ring (bicyclic) bond motifs is 1. The molecule has 2 aliphatic heterocycles. The van der Waals surface area contributed by atoms with E-state index in [0.29, 0.717) is 13.0 Å². The van der Waals surface area contributed by atoms with Gasteiger partial charge < -0.3 is 23.1 Å². The minimum atomic E-state index is -2.77. The van der Waals surface area contributed by atoms with Gasteiger partial charge in [-0.2, -0.15) is 0 Å². The van der Waals surface area contributed by atoms with Crippen LogP contribution in [0.15, 0.2) is 0 Å². The number of carbonyl (C=O) groups is 2. The average Bonchev–Trinajstić information content (AvgIpc) is 2.77. The van der Waals surface area contributed by atoms with E-state index in [9.17, 15) is 9.59 Å². The van der Waals surface area contributed by atoms with E-state index in [1.54, 1.807) is 20.8 Å². The molecule has 9 heteroatoms. The van der Waals surface area contributed by atoms with E-state index in [2.05, 4.69) is 57.5 Å². The maximum Gasteiger partial charge on any atom is 0.349 e. The van der Waals surface area contributed by atoms with Gasteiger partial charge in [-0.1, -0.05) is 57.5 Å². The number of halogens is 1. The van der Waals surface area contributed by atoms with Gasteiger partial charge in [0.2, 0.25) is 0 Å². The molecule has 0 bridgehead atoms. The smallest absolute Gasteiger partial charge is 0.349 e. The molecule has 0 aromatic carbocycles. The van der Waals surface area contributed by atoms with Crippen LogP contribution in [-0.4, -0.2) is 63.0 Å². The van der Waals surface area contributed by atoms with Crippen LogP contribution in [0.25, 0.3) is 0 Å². The fourth-order valence-electron chi connectivity index (χ4n) is 4.95. The van der Waals surface area contributed by atoms with E-state index in [1.165, 1.54) is 6.92 Å². The summed E-state index contributed by atoms with van der Waals surface area (Å²) in [6.07, 6.45) is -1.51. The van der Waals surface area contributed by atoms with Gasteiger partial charge in [-0.25, -0.2) is 0 Å². The lowest BCUT2D eigenvalue weighted by molar-refractivity contribution is -0.177. The number of rotatable bonds is 4. The Kier molecular flexibility index (Phi) is 8.36. The van der Waals surface area contributed by atoms with Gasteiger partial charge in [0.05, 0.1) is 35.7 Å². The molecule has 2 heterocycles. The lowest BCUT2D eigenvalue weighted by atomic mass is 9.83. The number of alkyl halides is 1. The molecule has 0 aromatic rings. The quantitative estimate of drug-likeness (QED) is 0.287. The van der Waals surface area contributed by atoms with Crippen LogP contribution in [0.3, 0.4) is 0 Å². The summed E-state index contributed by atoms with van der Waals surface area (Å²) in [5, 5.41) is -0.397. The third-order valence-electron chi connectivity index (χ3n) is 6.47. The van der Waals surface area contributed by atoms with Crippen molar-refractivity contribution in [1.29, 1.82) is 0 Å². The number of hydrogen-bond acceptors (Lipinski definition) is 7. The summed E-state index contributed by atoms with van der Waals surface area (Å²) in [4.78, 5) is 24.4. The lowest BCUT2D eigenvalue weighted by Crippen LogP contribution is -2.67. The molecular formula is C23H41BrO7Si. The Morgan fingerprint density at radius 2 is 1.62 bits per heavy atom. The molecule has 2 saturated heterocycles.